The maximum atomic E-state index is 13.9. The van der Waals surface area contributed by atoms with Crippen LogP contribution in [-0.4, -0.2) is 17.0 Å². The number of hydrogen-bond acceptors (Lipinski definition) is 2. The van der Waals surface area contributed by atoms with Crippen molar-refractivity contribution < 1.29 is 8.78 Å². The van der Waals surface area contributed by atoms with Gasteiger partial charge in [0.05, 0.1) is 0 Å². The fraction of sp³-hybridized carbons (Fsp3) is 0.538. The van der Waals surface area contributed by atoms with Crippen LogP contribution < -0.4 is 5.32 Å². The third-order valence-electron chi connectivity index (χ3n) is 2.97. The van der Waals surface area contributed by atoms with E-state index in [1.807, 2.05) is 0 Å². The lowest BCUT2D eigenvalue weighted by atomic mass is 10.0. The molecule has 94 valence electrons. The van der Waals surface area contributed by atoms with Crippen molar-refractivity contribution in [2.24, 2.45) is 0 Å². The zero-order valence-electron chi connectivity index (χ0n) is 10.3. The normalized spacial score (nSPS) is 23.7. The second-order valence-electron chi connectivity index (χ2n) is 5.22. The minimum absolute atomic E-state index is 0.0403. The molecule has 1 fully saturated rings. The summed E-state index contributed by atoms with van der Waals surface area (Å²) in [5, 5.41) is 3.37. The van der Waals surface area contributed by atoms with E-state index >= 15 is 0 Å². The molecule has 0 amide bonds. The number of rotatable bonds is 1. The van der Waals surface area contributed by atoms with Crippen molar-refractivity contribution >= 4 is 11.8 Å². The van der Waals surface area contributed by atoms with Gasteiger partial charge in [0.2, 0.25) is 0 Å². The average molecular weight is 257 g/mol. The molecule has 1 aromatic carbocycles. The summed E-state index contributed by atoms with van der Waals surface area (Å²) in [7, 11) is 0. The Hall–Kier alpha value is -0.610. The highest BCUT2D eigenvalue weighted by Gasteiger charge is 2.30. The Balaban J connectivity index is 2.31. The Bertz CT molecular complexity index is 432. The van der Waals surface area contributed by atoms with E-state index in [0.29, 0.717) is 11.1 Å². The molecule has 1 atom stereocenters. The second-order valence-corrected chi connectivity index (χ2v) is 6.25. The predicted molar refractivity (Wildman–Crippen MR) is 68.4 cm³/mol. The monoisotopic (exact) mass is 257 g/mol. The molecule has 1 saturated heterocycles. The molecule has 1 unspecified atom stereocenters. The average Bonchev–Trinajstić information content (AvgIpc) is 2.22. The van der Waals surface area contributed by atoms with E-state index in [4.69, 9.17) is 0 Å². The summed E-state index contributed by atoms with van der Waals surface area (Å²) in [5.41, 5.74) is 0.754. The summed E-state index contributed by atoms with van der Waals surface area (Å²) in [5.74, 6) is 1.11. The summed E-state index contributed by atoms with van der Waals surface area (Å²) in [4.78, 5) is 0. The molecule has 1 aliphatic rings. The summed E-state index contributed by atoms with van der Waals surface area (Å²) in [6, 6.07) is 2.49. The highest BCUT2D eigenvalue weighted by atomic mass is 32.2. The molecular formula is C13H17F2NS. The Morgan fingerprint density at radius 2 is 2.00 bits per heavy atom. The van der Waals surface area contributed by atoms with Gasteiger partial charge in [0.25, 0.3) is 0 Å². The first-order chi connectivity index (χ1) is 7.89. The van der Waals surface area contributed by atoms with E-state index in [2.05, 4.69) is 19.2 Å². The molecule has 0 radical (unpaired) electrons. The zero-order chi connectivity index (χ0) is 12.6. The Kier molecular flexibility index (Phi) is 3.46. The summed E-state index contributed by atoms with van der Waals surface area (Å²) < 4.78 is 27.4. The van der Waals surface area contributed by atoms with Gasteiger partial charge >= 0.3 is 0 Å². The first-order valence-electron chi connectivity index (χ1n) is 5.70. The molecule has 1 N–H and O–H groups in total. The molecule has 0 aliphatic carbocycles. The molecule has 4 heteroatoms. The van der Waals surface area contributed by atoms with E-state index in [9.17, 15) is 8.78 Å². The highest BCUT2D eigenvalue weighted by molar-refractivity contribution is 7.99. The quantitative estimate of drug-likeness (QED) is 0.827. The standard InChI is InChI=1S/C13H17F2NS/c1-8-4-11(15)9(5-10(8)14)12-6-17-7-13(2,3)16-12/h4-5,12,16H,6-7H2,1-3H3. The van der Waals surface area contributed by atoms with Crippen molar-refractivity contribution in [3.05, 3.63) is 34.9 Å². The number of halogens is 2. The minimum atomic E-state index is -0.337. The van der Waals surface area contributed by atoms with Crippen LogP contribution in [0.1, 0.15) is 31.0 Å². The van der Waals surface area contributed by atoms with Crippen LogP contribution in [-0.2, 0) is 0 Å². The largest absolute Gasteiger partial charge is 0.303 e. The first-order valence-corrected chi connectivity index (χ1v) is 6.85. The Morgan fingerprint density at radius 3 is 2.65 bits per heavy atom. The molecule has 17 heavy (non-hydrogen) atoms. The van der Waals surface area contributed by atoms with Crippen LogP contribution in [0.5, 0.6) is 0 Å². The lowest BCUT2D eigenvalue weighted by molar-refractivity contribution is 0.368. The minimum Gasteiger partial charge on any atom is -0.303 e. The molecule has 0 spiro atoms. The number of nitrogens with one attached hydrogen (secondary N) is 1. The van der Waals surface area contributed by atoms with E-state index in [-0.39, 0.29) is 23.2 Å². The van der Waals surface area contributed by atoms with Crippen LogP contribution in [0.2, 0.25) is 0 Å². The maximum absolute atomic E-state index is 13.9. The van der Waals surface area contributed by atoms with Gasteiger partial charge in [-0.1, -0.05) is 0 Å². The maximum Gasteiger partial charge on any atom is 0.128 e. The van der Waals surface area contributed by atoms with Gasteiger partial charge in [-0.15, -0.1) is 0 Å². The van der Waals surface area contributed by atoms with Crippen LogP contribution in [0.25, 0.3) is 0 Å². The molecule has 0 bridgehead atoms. The number of aryl methyl sites for hydroxylation is 1. The van der Waals surface area contributed by atoms with Gasteiger partial charge in [0.15, 0.2) is 0 Å². The van der Waals surface area contributed by atoms with Crippen LogP contribution in [0.15, 0.2) is 12.1 Å². The van der Waals surface area contributed by atoms with Gasteiger partial charge in [-0.25, -0.2) is 8.78 Å². The van der Waals surface area contributed by atoms with Gasteiger partial charge in [-0.3, -0.25) is 0 Å². The van der Waals surface area contributed by atoms with Crippen molar-refractivity contribution in [1.29, 1.82) is 0 Å². The van der Waals surface area contributed by atoms with E-state index in [1.165, 1.54) is 12.1 Å². The summed E-state index contributed by atoms with van der Waals surface area (Å²) in [6.07, 6.45) is 0. The fourth-order valence-electron chi connectivity index (χ4n) is 2.08. The number of thioether (sulfide) groups is 1. The first kappa shape index (κ1) is 12.8. The number of benzene rings is 1. The van der Waals surface area contributed by atoms with Gasteiger partial charge in [-0.2, -0.15) is 11.8 Å². The molecule has 1 nitrogen and oxygen atoms in total. The Morgan fingerprint density at radius 1 is 1.29 bits per heavy atom. The van der Waals surface area contributed by atoms with E-state index in [0.717, 1.165) is 11.5 Å². The summed E-state index contributed by atoms with van der Waals surface area (Å²) >= 11 is 1.77. The SMILES string of the molecule is Cc1cc(F)c(C2CSCC(C)(C)N2)cc1F. The summed E-state index contributed by atoms with van der Waals surface area (Å²) in [6.45, 7) is 5.73. The number of hydrogen-bond donors (Lipinski definition) is 1. The van der Waals surface area contributed by atoms with Gasteiger partial charge in [0, 0.05) is 28.6 Å². The van der Waals surface area contributed by atoms with Crippen LogP contribution in [0.3, 0.4) is 0 Å². The topological polar surface area (TPSA) is 12.0 Å². The van der Waals surface area contributed by atoms with Crippen LogP contribution in [0.4, 0.5) is 8.78 Å². The molecule has 0 saturated carbocycles. The third-order valence-corrected chi connectivity index (χ3v) is 4.46. The van der Waals surface area contributed by atoms with Gasteiger partial charge in [0.1, 0.15) is 11.6 Å². The smallest absolute Gasteiger partial charge is 0.128 e. The van der Waals surface area contributed by atoms with Crippen molar-refractivity contribution in [3.8, 4) is 0 Å². The zero-order valence-corrected chi connectivity index (χ0v) is 11.1. The van der Waals surface area contributed by atoms with Gasteiger partial charge in [-0.05, 0) is 38.5 Å². The van der Waals surface area contributed by atoms with Crippen molar-refractivity contribution in [2.45, 2.75) is 32.4 Å². The van der Waals surface area contributed by atoms with Crippen molar-refractivity contribution in [1.82, 2.24) is 5.32 Å². The molecular weight excluding hydrogens is 240 g/mol. The van der Waals surface area contributed by atoms with Crippen LogP contribution in [0, 0.1) is 18.6 Å². The van der Waals surface area contributed by atoms with E-state index < -0.39 is 0 Å². The third kappa shape index (κ3) is 2.80. The van der Waals surface area contributed by atoms with Crippen LogP contribution >= 0.6 is 11.8 Å². The Labute approximate surface area is 105 Å². The lowest BCUT2D eigenvalue weighted by Crippen LogP contribution is -2.48. The molecule has 1 aliphatic heterocycles. The van der Waals surface area contributed by atoms with E-state index in [1.54, 1.807) is 18.7 Å². The fourth-order valence-corrected chi connectivity index (χ4v) is 3.29. The lowest BCUT2D eigenvalue weighted by Gasteiger charge is -2.37. The second kappa shape index (κ2) is 4.58. The molecule has 1 aromatic rings. The highest BCUT2D eigenvalue weighted by Crippen LogP contribution is 2.31. The predicted octanol–water partition coefficient (Wildman–Crippen LogP) is 3.43. The molecule has 0 aromatic heterocycles. The van der Waals surface area contributed by atoms with Crippen molar-refractivity contribution in [2.75, 3.05) is 11.5 Å². The van der Waals surface area contributed by atoms with Gasteiger partial charge < -0.3 is 5.32 Å². The molecule has 1 heterocycles. The van der Waals surface area contributed by atoms with Crippen molar-refractivity contribution in [3.63, 3.8) is 0 Å². The molecule has 2 rings (SSSR count).